The fraction of sp³-hybridized carbons (Fsp3) is 0.357. The van der Waals surface area contributed by atoms with E-state index in [1.165, 1.54) is 5.56 Å². The first-order valence-corrected chi connectivity index (χ1v) is 12.4. The Hall–Kier alpha value is -3.74. The largest absolute Gasteiger partial charge is 0.352 e. The lowest BCUT2D eigenvalue weighted by Crippen LogP contribution is -2.49. The van der Waals surface area contributed by atoms with E-state index < -0.39 is 0 Å². The molecule has 2 aromatic carbocycles. The van der Waals surface area contributed by atoms with Crippen molar-refractivity contribution in [3.05, 3.63) is 77.2 Å². The lowest BCUT2D eigenvalue weighted by molar-refractivity contribution is 0.0746. The number of aromatic nitrogens is 4. The predicted octanol–water partition coefficient (Wildman–Crippen LogP) is 4.91. The molecule has 2 aromatic heterocycles. The van der Waals surface area contributed by atoms with Gasteiger partial charge >= 0.3 is 0 Å². The van der Waals surface area contributed by atoms with Crippen LogP contribution < -0.4 is 4.90 Å². The van der Waals surface area contributed by atoms with Crippen LogP contribution in [0.4, 0.5) is 5.82 Å². The number of fused-ring (bicyclic) bond motifs is 1. The summed E-state index contributed by atoms with van der Waals surface area (Å²) in [4.78, 5) is 27.2. The molecule has 1 amide bonds. The monoisotopic (exact) mass is 468 g/mol. The van der Waals surface area contributed by atoms with Crippen LogP contribution >= 0.6 is 0 Å². The van der Waals surface area contributed by atoms with E-state index in [1.54, 1.807) is 0 Å². The van der Waals surface area contributed by atoms with Gasteiger partial charge < -0.3 is 9.80 Å². The van der Waals surface area contributed by atoms with E-state index in [1.807, 2.05) is 46.8 Å². The molecule has 0 unspecified atom stereocenters. The van der Waals surface area contributed by atoms with E-state index in [-0.39, 0.29) is 11.8 Å². The first kappa shape index (κ1) is 23.0. The molecule has 1 aliphatic heterocycles. The fourth-order valence-electron chi connectivity index (χ4n) is 4.56. The van der Waals surface area contributed by atoms with E-state index in [4.69, 9.17) is 15.1 Å². The van der Waals surface area contributed by atoms with Crippen molar-refractivity contribution in [1.82, 2.24) is 24.6 Å². The van der Waals surface area contributed by atoms with Crippen molar-refractivity contribution in [3.63, 3.8) is 0 Å². The highest BCUT2D eigenvalue weighted by Crippen LogP contribution is 2.32. The number of amides is 1. The summed E-state index contributed by atoms with van der Waals surface area (Å²) in [5, 5.41) is 5.86. The summed E-state index contributed by atoms with van der Waals surface area (Å²) in [6.07, 6.45) is 0.960. The van der Waals surface area contributed by atoms with Gasteiger partial charge in [0.15, 0.2) is 5.65 Å². The Bertz CT molecular complexity index is 1340. The van der Waals surface area contributed by atoms with Crippen molar-refractivity contribution >= 4 is 22.8 Å². The van der Waals surface area contributed by atoms with Gasteiger partial charge in [-0.15, -0.1) is 0 Å². The number of rotatable bonds is 5. The maximum absolute atomic E-state index is 12.9. The summed E-state index contributed by atoms with van der Waals surface area (Å²) in [6.45, 7) is 11.2. The molecule has 1 atom stereocenters. The Labute approximate surface area is 206 Å². The second-order valence-electron chi connectivity index (χ2n) is 9.39. The zero-order valence-electron chi connectivity index (χ0n) is 20.9. The zero-order chi connectivity index (χ0) is 24.5. The minimum Gasteiger partial charge on any atom is -0.352 e. The van der Waals surface area contributed by atoms with E-state index in [0.29, 0.717) is 13.1 Å². The highest BCUT2D eigenvalue weighted by Gasteiger charge is 2.27. The third-order valence-electron chi connectivity index (χ3n) is 6.92. The topological polar surface area (TPSA) is 67.2 Å². The van der Waals surface area contributed by atoms with E-state index in [9.17, 15) is 4.79 Å². The quantitative estimate of drug-likeness (QED) is 0.416. The zero-order valence-corrected chi connectivity index (χ0v) is 20.9. The second-order valence-corrected chi connectivity index (χ2v) is 9.39. The van der Waals surface area contributed by atoms with Gasteiger partial charge in [-0.25, -0.2) is 14.6 Å². The van der Waals surface area contributed by atoms with Gasteiger partial charge in [0, 0.05) is 37.7 Å². The molecule has 7 heteroatoms. The number of anilines is 1. The molecule has 7 nitrogen and oxygen atoms in total. The third-order valence-corrected chi connectivity index (χ3v) is 6.92. The van der Waals surface area contributed by atoms with Gasteiger partial charge in [0.1, 0.15) is 11.6 Å². The fourth-order valence-corrected chi connectivity index (χ4v) is 4.56. The third kappa shape index (κ3) is 4.38. The Morgan fingerprint density at radius 1 is 0.943 bits per heavy atom. The minimum absolute atomic E-state index is 0.0850. The molecular weight excluding hydrogens is 436 g/mol. The molecule has 0 bridgehead atoms. The maximum atomic E-state index is 12.9. The molecule has 3 heterocycles. The van der Waals surface area contributed by atoms with Crippen molar-refractivity contribution in [3.8, 4) is 5.69 Å². The van der Waals surface area contributed by atoms with Crippen LogP contribution in [-0.4, -0.2) is 56.7 Å². The van der Waals surface area contributed by atoms with Gasteiger partial charge in [-0.1, -0.05) is 49.7 Å². The van der Waals surface area contributed by atoms with Crippen LogP contribution in [0.2, 0.25) is 0 Å². The Morgan fingerprint density at radius 2 is 1.63 bits per heavy atom. The van der Waals surface area contributed by atoms with Crippen LogP contribution in [0.1, 0.15) is 53.6 Å². The van der Waals surface area contributed by atoms with Crippen molar-refractivity contribution < 1.29 is 4.79 Å². The molecule has 0 spiro atoms. The number of benzene rings is 2. The summed E-state index contributed by atoms with van der Waals surface area (Å²) in [5.41, 5.74) is 4.69. The lowest BCUT2D eigenvalue weighted by atomic mass is 10.1. The van der Waals surface area contributed by atoms with Crippen LogP contribution in [0.15, 0.2) is 54.6 Å². The first-order valence-electron chi connectivity index (χ1n) is 12.4. The average Bonchev–Trinajstić information content (AvgIpc) is 3.24. The number of carbonyl (C=O) groups excluding carboxylic acids is 1. The Morgan fingerprint density at radius 3 is 2.29 bits per heavy atom. The molecule has 0 aliphatic carbocycles. The van der Waals surface area contributed by atoms with E-state index >= 15 is 0 Å². The summed E-state index contributed by atoms with van der Waals surface area (Å²) >= 11 is 0. The minimum atomic E-state index is 0.0850. The van der Waals surface area contributed by atoms with E-state index in [0.717, 1.165) is 59.1 Å². The molecule has 0 saturated carbocycles. The van der Waals surface area contributed by atoms with Gasteiger partial charge in [0.2, 0.25) is 0 Å². The van der Waals surface area contributed by atoms with Crippen LogP contribution in [0, 0.1) is 13.8 Å². The molecule has 1 aliphatic rings. The highest BCUT2D eigenvalue weighted by atomic mass is 16.2. The molecule has 35 heavy (non-hydrogen) atoms. The van der Waals surface area contributed by atoms with Gasteiger partial charge in [0.05, 0.1) is 16.8 Å². The molecule has 5 rings (SSSR count). The molecule has 4 aromatic rings. The van der Waals surface area contributed by atoms with Crippen molar-refractivity contribution in [2.45, 2.75) is 40.0 Å². The van der Waals surface area contributed by atoms with Crippen molar-refractivity contribution in [2.24, 2.45) is 0 Å². The molecule has 1 fully saturated rings. The average molecular weight is 469 g/mol. The normalized spacial score (nSPS) is 15.0. The Kier molecular flexibility index (Phi) is 6.24. The molecular formula is C28H32N6O. The summed E-state index contributed by atoms with van der Waals surface area (Å²) in [6, 6.07) is 17.9. The Balaban J connectivity index is 1.51. The van der Waals surface area contributed by atoms with Gasteiger partial charge in [-0.3, -0.25) is 4.79 Å². The summed E-state index contributed by atoms with van der Waals surface area (Å²) in [5.74, 6) is 2.08. The maximum Gasteiger partial charge on any atom is 0.253 e. The van der Waals surface area contributed by atoms with Crippen molar-refractivity contribution in [1.29, 1.82) is 0 Å². The number of carbonyl (C=O) groups is 1. The van der Waals surface area contributed by atoms with Crippen LogP contribution in [0.3, 0.4) is 0 Å². The number of nitrogens with zero attached hydrogens (tertiary/aromatic N) is 6. The number of aryl methyl sites for hydroxylation is 2. The van der Waals surface area contributed by atoms with Crippen LogP contribution in [-0.2, 0) is 0 Å². The number of hydrogen-bond donors (Lipinski definition) is 0. The van der Waals surface area contributed by atoms with Gasteiger partial charge in [-0.2, -0.15) is 5.10 Å². The smallest absolute Gasteiger partial charge is 0.253 e. The van der Waals surface area contributed by atoms with Crippen LogP contribution in [0.25, 0.3) is 16.7 Å². The highest BCUT2D eigenvalue weighted by molar-refractivity contribution is 5.95. The number of hydrogen-bond acceptors (Lipinski definition) is 5. The summed E-state index contributed by atoms with van der Waals surface area (Å²) < 4.78 is 1.94. The second kappa shape index (κ2) is 9.49. The molecule has 1 saturated heterocycles. The SMILES string of the molecule is CC[C@@H](C)c1nc(N2CCN(C(=O)c3ccccc3)CC2)c2c(C)nn(-c3ccc(C)cc3)c2n1. The lowest BCUT2D eigenvalue weighted by Gasteiger charge is -2.36. The van der Waals surface area contributed by atoms with E-state index in [2.05, 4.69) is 49.9 Å². The standard InChI is InChI=1S/C28H32N6O/c1-5-20(3)25-29-26(32-15-17-33(18-16-32)28(35)22-9-7-6-8-10-22)24-21(4)31-34(27(24)30-25)23-13-11-19(2)12-14-23/h6-14,20H,5,15-18H2,1-4H3/t20-/m1/s1. The van der Waals surface area contributed by atoms with Gasteiger partial charge in [-0.05, 0) is 44.5 Å². The molecule has 0 radical (unpaired) electrons. The van der Waals surface area contributed by atoms with Gasteiger partial charge in [0.25, 0.3) is 5.91 Å². The summed E-state index contributed by atoms with van der Waals surface area (Å²) in [7, 11) is 0. The number of piperazine rings is 1. The predicted molar refractivity (Wildman–Crippen MR) is 139 cm³/mol. The van der Waals surface area contributed by atoms with Crippen molar-refractivity contribution in [2.75, 3.05) is 31.1 Å². The molecule has 180 valence electrons. The van der Waals surface area contributed by atoms with Crippen LogP contribution in [0.5, 0.6) is 0 Å². The molecule has 0 N–H and O–H groups in total. The first-order chi connectivity index (χ1) is 17.0.